The zero-order valence-electron chi connectivity index (χ0n) is 12.4. The third-order valence-corrected chi connectivity index (χ3v) is 3.61. The summed E-state index contributed by atoms with van der Waals surface area (Å²) in [6.07, 6.45) is 3.43. The predicted molar refractivity (Wildman–Crippen MR) is 79.2 cm³/mol. The van der Waals surface area contributed by atoms with Crippen molar-refractivity contribution in [2.45, 2.75) is 6.04 Å². The van der Waals surface area contributed by atoms with Crippen molar-refractivity contribution in [3.63, 3.8) is 0 Å². The summed E-state index contributed by atoms with van der Waals surface area (Å²) in [4.78, 5) is 14.0. The summed E-state index contributed by atoms with van der Waals surface area (Å²) in [5.41, 5.74) is 0.580. The molecule has 1 aliphatic heterocycles. The molecule has 0 unspecified atom stereocenters. The molecule has 3 rings (SSSR count). The first-order chi connectivity index (χ1) is 10.7. The van der Waals surface area contributed by atoms with Crippen LogP contribution in [-0.2, 0) is 0 Å². The van der Waals surface area contributed by atoms with Gasteiger partial charge < -0.3 is 19.7 Å². The molecule has 22 heavy (non-hydrogen) atoms. The van der Waals surface area contributed by atoms with Gasteiger partial charge in [0.1, 0.15) is 0 Å². The van der Waals surface area contributed by atoms with E-state index < -0.39 is 0 Å². The number of methoxy groups -OCH3 is 2. The van der Waals surface area contributed by atoms with Gasteiger partial charge in [0.15, 0.2) is 11.5 Å². The van der Waals surface area contributed by atoms with Crippen molar-refractivity contribution < 1.29 is 14.3 Å². The Morgan fingerprint density at radius 3 is 2.77 bits per heavy atom. The van der Waals surface area contributed by atoms with Gasteiger partial charge in [-0.15, -0.1) is 5.10 Å². The number of amides is 2. The van der Waals surface area contributed by atoms with E-state index in [9.17, 15) is 4.79 Å². The Labute approximate surface area is 127 Å². The number of aromatic nitrogens is 3. The van der Waals surface area contributed by atoms with E-state index >= 15 is 0 Å². The molecular formula is C14H17N5O3. The van der Waals surface area contributed by atoms with Crippen molar-refractivity contribution in [3.8, 4) is 11.5 Å². The van der Waals surface area contributed by atoms with Crippen LogP contribution in [0.25, 0.3) is 0 Å². The van der Waals surface area contributed by atoms with Crippen LogP contribution in [0.2, 0.25) is 0 Å². The summed E-state index contributed by atoms with van der Waals surface area (Å²) in [6, 6.07) is 5.35. The third kappa shape index (κ3) is 2.54. The van der Waals surface area contributed by atoms with E-state index in [1.165, 1.54) is 7.11 Å². The monoisotopic (exact) mass is 303 g/mol. The molecule has 0 saturated carbocycles. The van der Waals surface area contributed by atoms with Crippen LogP contribution in [0.3, 0.4) is 0 Å². The standard InChI is InChI=1S/C14H17N5O3/c1-21-12-5-3-4-11(13(12)22-2)16-14(20)18-8-10(9-18)19-7-6-15-17-19/h3-7,10H,8-9H2,1-2H3,(H,16,20). The number of nitrogens with one attached hydrogen (secondary N) is 1. The first-order valence-electron chi connectivity index (χ1n) is 6.85. The van der Waals surface area contributed by atoms with E-state index in [0.29, 0.717) is 30.3 Å². The second kappa shape index (κ2) is 5.92. The van der Waals surface area contributed by atoms with Crippen molar-refractivity contribution in [2.24, 2.45) is 0 Å². The number of hydrogen-bond acceptors (Lipinski definition) is 5. The van der Waals surface area contributed by atoms with Crippen LogP contribution in [-0.4, -0.2) is 53.2 Å². The molecule has 2 aromatic rings. The lowest BCUT2D eigenvalue weighted by molar-refractivity contribution is 0.127. The molecular weight excluding hydrogens is 286 g/mol. The van der Waals surface area contributed by atoms with E-state index in [0.717, 1.165) is 0 Å². The second-order valence-electron chi connectivity index (χ2n) is 4.91. The zero-order chi connectivity index (χ0) is 15.5. The predicted octanol–water partition coefficient (Wildman–Crippen LogP) is 1.38. The molecule has 0 spiro atoms. The number of benzene rings is 1. The second-order valence-corrected chi connectivity index (χ2v) is 4.91. The molecule has 0 radical (unpaired) electrons. The van der Waals surface area contributed by atoms with Crippen LogP contribution in [0.5, 0.6) is 11.5 Å². The number of hydrogen-bond donors (Lipinski definition) is 1. The normalized spacial score (nSPS) is 14.4. The molecule has 8 heteroatoms. The third-order valence-electron chi connectivity index (χ3n) is 3.61. The summed E-state index contributed by atoms with van der Waals surface area (Å²) >= 11 is 0. The average molecular weight is 303 g/mol. The molecule has 1 aromatic heterocycles. The molecule has 1 N–H and O–H groups in total. The van der Waals surface area contributed by atoms with Gasteiger partial charge in [0.25, 0.3) is 0 Å². The van der Waals surface area contributed by atoms with Gasteiger partial charge in [0, 0.05) is 19.3 Å². The maximum Gasteiger partial charge on any atom is 0.322 e. The molecule has 1 fully saturated rings. The van der Waals surface area contributed by atoms with Crippen molar-refractivity contribution in [3.05, 3.63) is 30.6 Å². The number of para-hydroxylation sites is 1. The largest absolute Gasteiger partial charge is 0.493 e. The number of nitrogens with zero attached hydrogens (tertiary/aromatic N) is 4. The lowest BCUT2D eigenvalue weighted by Crippen LogP contribution is -2.52. The van der Waals surface area contributed by atoms with Crippen LogP contribution in [0.15, 0.2) is 30.6 Å². The molecule has 2 heterocycles. The van der Waals surface area contributed by atoms with Crippen molar-refractivity contribution in [1.82, 2.24) is 19.9 Å². The fourth-order valence-electron chi connectivity index (χ4n) is 2.38. The van der Waals surface area contributed by atoms with E-state index in [-0.39, 0.29) is 12.1 Å². The fraction of sp³-hybridized carbons (Fsp3) is 0.357. The summed E-state index contributed by atoms with van der Waals surface area (Å²) in [6.45, 7) is 1.20. The van der Waals surface area contributed by atoms with Gasteiger partial charge in [-0.3, -0.25) is 0 Å². The maximum absolute atomic E-state index is 12.3. The number of ether oxygens (including phenoxy) is 2. The van der Waals surface area contributed by atoms with Gasteiger partial charge in [0.2, 0.25) is 0 Å². The van der Waals surface area contributed by atoms with Gasteiger partial charge in [-0.2, -0.15) is 0 Å². The highest BCUT2D eigenvalue weighted by molar-refractivity contribution is 5.92. The van der Waals surface area contributed by atoms with Gasteiger partial charge in [0.05, 0.1) is 32.1 Å². The highest BCUT2D eigenvalue weighted by Gasteiger charge is 2.32. The first kappa shape index (κ1) is 14.2. The van der Waals surface area contributed by atoms with E-state index in [2.05, 4.69) is 15.6 Å². The van der Waals surface area contributed by atoms with Crippen LogP contribution in [0, 0.1) is 0 Å². The van der Waals surface area contributed by atoms with E-state index in [1.807, 2.05) is 0 Å². The SMILES string of the molecule is COc1cccc(NC(=O)N2CC(n3ccnn3)C2)c1OC. The zero-order valence-corrected chi connectivity index (χ0v) is 12.4. The minimum atomic E-state index is -0.178. The number of carbonyl (C=O) groups is 1. The van der Waals surface area contributed by atoms with Gasteiger partial charge >= 0.3 is 6.03 Å². The Hall–Kier alpha value is -2.77. The van der Waals surface area contributed by atoms with Gasteiger partial charge in [-0.1, -0.05) is 11.3 Å². The highest BCUT2D eigenvalue weighted by atomic mass is 16.5. The summed E-state index contributed by atoms with van der Waals surface area (Å²) < 4.78 is 12.3. The smallest absolute Gasteiger partial charge is 0.322 e. The number of urea groups is 1. The highest BCUT2D eigenvalue weighted by Crippen LogP contribution is 2.35. The molecule has 0 aliphatic carbocycles. The topological polar surface area (TPSA) is 81.5 Å². The summed E-state index contributed by atoms with van der Waals surface area (Å²) in [7, 11) is 3.10. The van der Waals surface area contributed by atoms with Crippen molar-refractivity contribution in [2.75, 3.05) is 32.6 Å². The number of rotatable bonds is 4. The van der Waals surface area contributed by atoms with Crippen molar-refractivity contribution in [1.29, 1.82) is 0 Å². The molecule has 1 aliphatic rings. The Morgan fingerprint density at radius 2 is 2.14 bits per heavy atom. The fourth-order valence-corrected chi connectivity index (χ4v) is 2.38. The van der Waals surface area contributed by atoms with Gasteiger partial charge in [-0.05, 0) is 12.1 Å². The Kier molecular flexibility index (Phi) is 3.82. The molecule has 1 aromatic carbocycles. The minimum absolute atomic E-state index is 0.178. The Morgan fingerprint density at radius 1 is 1.32 bits per heavy atom. The van der Waals surface area contributed by atoms with E-state index in [4.69, 9.17) is 9.47 Å². The van der Waals surface area contributed by atoms with Crippen molar-refractivity contribution >= 4 is 11.7 Å². The molecule has 116 valence electrons. The number of carbonyl (C=O) groups excluding carboxylic acids is 1. The first-order valence-corrected chi connectivity index (χ1v) is 6.85. The minimum Gasteiger partial charge on any atom is -0.493 e. The molecule has 8 nitrogen and oxygen atoms in total. The lowest BCUT2D eigenvalue weighted by atomic mass is 10.1. The summed E-state index contributed by atoms with van der Waals surface area (Å²) in [5, 5.41) is 10.5. The lowest BCUT2D eigenvalue weighted by Gasteiger charge is -2.38. The maximum atomic E-state index is 12.3. The van der Waals surface area contributed by atoms with Gasteiger partial charge in [-0.25, -0.2) is 9.48 Å². The van der Waals surface area contributed by atoms with Crippen LogP contribution in [0.1, 0.15) is 6.04 Å². The van der Waals surface area contributed by atoms with E-state index in [1.54, 1.807) is 47.3 Å². The molecule has 0 atom stereocenters. The van der Waals surface area contributed by atoms with Crippen LogP contribution < -0.4 is 14.8 Å². The number of likely N-dealkylation sites (tertiary alicyclic amines) is 1. The Bertz CT molecular complexity index is 653. The molecule has 1 saturated heterocycles. The Balaban J connectivity index is 1.64. The summed E-state index contributed by atoms with van der Waals surface area (Å²) in [5.74, 6) is 1.08. The average Bonchev–Trinajstić information content (AvgIpc) is 2.99. The van der Waals surface area contributed by atoms with Crippen LogP contribution >= 0.6 is 0 Å². The number of anilines is 1. The van der Waals surface area contributed by atoms with Crippen LogP contribution in [0.4, 0.5) is 10.5 Å². The molecule has 2 amide bonds. The molecule has 0 bridgehead atoms. The quantitative estimate of drug-likeness (QED) is 0.923.